The van der Waals surface area contributed by atoms with E-state index in [1.54, 1.807) is 0 Å². The van der Waals surface area contributed by atoms with Crippen molar-refractivity contribution in [3.05, 3.63) is 35.9 Å². The summed E-state index contributed by atoms with van der Waals surface area (Å²) in [6.45, 7) is 1.03. The van der Waals surface area contributed by atoms with E-state index in [1.807, 2.05) is 6.07 Å². The molecule has 0 aliphatic rings. The average molecular weight is 371 g/mol. The Balaban J connectivity index is 0.000000561. The van der Waals surface area contributed by atoms with E-state index in [4.69, 9.17) is 8.25 Å². The molecule has 0 atom stereocenters. The van der Waals surface area contributed by atoms with Crippen LogP contribution in [0.1, 0.15) is 5.56 Å². The van der Waals surface area contributed by atoms with Crippen LogP contribution in [0.3, 0.4) is 0 Å². The predicted octanol–water partition coefficient (Wildman–Crippen LogP) is 2.44. The molecule has 0 aliphatic carbocycles. The molecule has 12 heavy (non-hydrogen) atoms. The minimum absolute atomic E-state index is 0.500. The molecule has 0 fully saturated rings. The summed E-state index contributed by atoms with van der Waals surface area (Å²) in [4.78, 5) is 2.16. The van der Waals surface area contributed by atoms with Crippen LogP contribution < -0.4 is 0 Å². The van der Waals surface area contributed by atoms with Crippen molar-refractivity contribution in [1.29, 1.82) is 0 Å². The van der Waals surface area contributed by atoms with Gasteiger partial charge in [-0.2, -0.15) is 0 Å². The Labute approximate surface area is 94.1 Å². The first-order chi connectivity index (χ1) is 5.79. The first kappa shape index (κ1) is 12.4. The van der Waals surface area contributed by atoms with Crippen molar-refractivity contribution in [2.24, 2.45) is 0 Å². The molecule has 0 spiro atoms. The molecule has 0 saturated carbocycles. The van der Waals surface area contributed by atoms with Gasteiger partial charge in [-0.25, -0.2) is 0 Å². The van der Waals surface area contributed by atoms with Crippen LogP contribution in [0.25, 0.3) is 0 Å². The van der Waals surface area contributed by atoms with Crippen LogP contribution in [0, 0.1) is 0 Å². The quantitative estimate of drug-likeness (QED) is 0.722. The van der Waals surface area contributed by atoms with Crippen molar-refractivity contribution >= 4 is 8.25 Å². The third kappa shape index (κ3) is 5.98. The van der Waals surface area contributed by atoms with Gasteiger partial charge in [0.2, 0.25) is 0 Å². The van der Waals surface area contributed by atoms with Gasteiger partial charge in [-0.3, -0.25) is 0 Å². The summed E-state index contributed by atoms with van der Waals surface area (Å²) in [5, 5.41) is 0. The van der Waals surface area contributed by atoms with Gasteiger partial charge in [-0.05, 0) is 19.7 Å². The van der Waals surface area contributed by atoms with Crippen LogP contribution in [0.2, 0.25) is 0 Å². The minimum atomic E-state index is 0.500. The molecule has 0 saturated heterocycles. The van der Waals surface area contributed by atoms with E-state index in [0.717, 1.165) is 6.54 Å². The molecule has 63 valence electrons. The number of nitrogens with zero attached hydrogens (tertiary/aromatic N) is 1. The summed E-state index contributed by atoms with van der Waals surface area (Å²) in [5.41, 5.74) is 1.37. The van der Waals surface area contributed by atoms with Gasteiger partial charge in [0.15, 0.2) is 0 Å². The van der Waals surface area contributed by atoms with Crippen molar-refractivity contribution in [3.63, 3.8) is 0 Å². The van der Waals surface area contributed by atoms with Gasteiger partial charge in [-0.15, -0.1) is 0 Å². The molecule has 0 aliphatic heterocycles. The number of hydrogen-bond donors (Lipinski definition) is 0. The van der Waals surface area contributed by atoms with Crippen molar-refractivity contribution in [2.75, 3.05) is 14.1 Å². The summed E-state index contributed by atoms with van der Waals surface area (Å²) >= 11 is 0.500. The van der Waals surface area contributed by atoms with Gasteiger partial charge >= 0.3 is 33.1 Å². The van der Waals surface area contributed by atoms with Crippen LogP contribution in [0.4, 0.5) is 0 Å². The molecule has 0 unspecified atom stereocenters. The van der Waals surface area contributed by atoms with E-state index in [0.29, 0.717) is 24.9 Å². The second-order valence-electron chi connectivity index (χ2n) is 2.72. The van der Waals surface area contributed by atoms with Crippen LogP contribution in [0.15, 0.2) is 30.3 Å². The summed E-state index contributed by atoms with van der Waals surface area (Å²) < 4.78 is 0. The van der Waals surface area contributed by atoms with Gasteiger partial charge in [-0.1, -0.05) is 30.3 Å². The van der Waals surface area contributed by atoms with E-state index in [1.165, 1.54) is 5.56 Å². The second kappa shape index (κ2) is 8.02. The zero-order valence-corrected chi connectivity index (χ0v) is 13.9. The first-order valence-electron chi connectivity index (χ1n) is 3.74. The Hall–Kier alpha value is 0.405. The van der Waals surface area contributed by atoms with Crippen LogP contribution in [-0.2, 0) is 31.4 Å². The van der Waals surface area contributed by atoms with E-state index in [9.17, 15) is 0 Å². The van der Waals surface area contributed by atoms with Crippen molar-refractivity contribution in [3.8, 4) is 0 Å². The molecule has 0 amide bonds. The summed E-state index contributed by atoms with van der Waals surface area (Å²) in [7, 11) is 8.99. The van der Waals surface area contributed by atoms with Crippen LogP contribution in [-0.4, -0.2) is 19.0 Å². The van der Waals surface area contributed by atoms with Crippen LogP contribution in [0.5, 0.6) is 0 Å². The fraction of sp³-hybridized carbons (Fsp3) is 0.333. The summed E-state index contributed by atoms with van der Waals surface area (Å²) in [5.74, 6) is 0. The Morgan fingerprint density at radius 3 is 2.08 bits per heavy atom. The van der Waals surface area contributed by atoms with Gasteiger partial charge in [0.25, 0.3) is 0 Å². The van der Waals surface area contributed by atoms with Gasteiger partial charge in [0, 0.05) is 6.54 Å². The number of benzene rings is 1. The Morgan fingerprint density at radius 2 is 1.67 bits per heavy atom. The molecule has 3 heteroatoms. The average Bonchev–Trinajstić information content (AvgIpc) is 2.08. The van der Waals surface area contributed by atoms with E-state index >= 15 is 0 Å². The van der Waals surface area contributed by atoms with Crippen molar-refractivity contribution in [2.45, 2.75) is 6.54 Å². The molecule has 0 N–H and O–H groups in total. The first-order valence-corrected chi connectivity index (χ1v) is 10.5. The molecule has 0 radical (unpaired) electrons. The molecule has 0 bridgehead atoms. The zero-order valence-electron chi connectivity index (χ0n) is 7.63. The summed E-state index contributed by atoms with van der Waals surface area (Å²) in [6, 6.07) is 10.5. The van der Waals surface area contributed by atoms with E-state index in [2.05, 4.69) is 43.3 Å². The molecular formula is C9H13ClHgN. The maximum absolute atomic E-state index is 4.83. The SMILES string of the molecule is CN(C)Cc1ccccc1.[Cl][Hg]. The molecule has 1 nitrogen and oxygen atoms in total. The van der Waals surface area contributed by atoms with Gasteiger partial charge in [0.1, 0.15) is 0 Å². The Bertz CT molecular complexity index is 189. The monoisotopic (exact) mass is 372 g/mol. The Morgan fingerprint density at radius 1 is 1.17 bits per heavy atom. The van der Waals surface area contributed by atoms with Gasteiger partial charge in [0.05, 0.1) is 0 Å². The van der Waals surface area contributed by atoms with Crippen molar-refractivity contribution < 1.29 is 24.9 Å². The third-order valence-corrected chi connectivity index (χ3v) is 1.34. The molecule has 1 aromatic rings. The standard InChI is InChI=1S/C9H13N.ClH.Hg/c1-10(2)8-9-6-4-3-5-7-9;;/h3-7H,8H2,1-2H3;1H;/q;;+1/p-1. The Kier molecular flexibility index (Phi) is 8.29. The maximum atomic E-state index is 4.83. The molecule has 1 rings (SSSR count). The second-order valence-corrected chi connectivity index (χ2v) is 2.72. The number of halogens is 1. The third-order valence-electron chi connectivity index (χ3n) is 1.34. The predicted molar refractivity (Wildman–Crippen MR) is 49.7 cm³/mol. The normalized spacial score (nSPS) is 9.17. The molecule has 1 aromatic carbocycles. The number of rotatable bonds is 2. The van der Waals surface area contributed by atoms with Crippen molar-refractivity contribution in [1.82, 2.24) is 4.90 Å². The van der Waals surface area contributed by atoms with Crippen LogP contribution >= 0.6 is 8.25 Å². The van der Waals surface area contributed by atoms with Gasteiger partial charge < -0.3 is 4.90 Å². The molecule has 0 heterocycles. The fourth-order valence-corrected chi connectivity index (χ4v) is 0.949. The zero-order chi connectivity index (χ0) is 9.40. The van der Waals surface area contributed by atoms with E-state index in [-0.39, 0.29) is 0 Å². The topological polar surface area (TPSA) is 3.24 Å². The molecule has 0 aromatic heterocycles. The molecular weight excluding hydrogens is 358 g/mol. The number of hydrogen-bond acceptors (Lipinski definition) is 1. The van der Waals surface area contributed by atoms with E-state index < -0.39 is 0 Å². The summed E-state index contributed by atoms with van der Waals surface area (Å²) in [6.07, 6.45) is 0. The fourth-order valence-electron chi connectivity index (χ4n) is 0.949.